The first-order chi connectivity index (χ1) is 22.7. The average molecular weight is 675 g/mol. The minimum Gasteiger partial charge on any atom is -0.487 e. The van der Waals surface area contributed by atoms with E-state index in [0.29, 0.717) is 68.9 Å². The number of nitrogens with one attached hydrogen (secondary N) is 1. The number of nitrogens with zero attached hydrogens (tertiary/aromatic N) is 3. The number of hydrogen-bond donors (Lipinski definition) is 2. The SMILES string of the molecule is O=C(NCC(F)(F)CO)[C@H]1CCCC[C@H]1C(=O)N1CCc2c(Cl)ccc(OCC3=NOC4C=CC=CC34)c2[C@H]1CCN1CCCC1=O. The summed E-state index contributed by atoms with van der Waals surface area (Å²) >= 11 is 6.76. The molecule has 3 heterocycles. The number of halogens is 3. The molecule has 2 N–H and O–H groups in total. The van der Waals surface area contributed by atoms with Gasteiger partial charge in [0.2, 0.25) is 17.7 Å². The zero-order valence-electron chi connectivity index (χ0n) is 26.2. The number of ether oxygens (including phenoxy) is 1. The van der Waals surface area contributed by atoms with Gasteiger partial charge < -0.3 is 29.8 Å². The molecule has 0 spiro atoms. The Morgan fingerprint density at radius 3 is 2.66 bits per heavy atom. The third-order valence-electron chi connectivity index (χ3n) is 10.0. The van der Waals surface area contributed by atoms with Crippen molar-refractivity contribution in [3.8, 4) is 5.75 Å². The molecule has 13 heteroatoms. The molecule has 0 radical (unpaired) electrons. The van der Waals surface area contributed by atoms with Crippen LogP contribution in [0, 0.1) is 17.8 Å². The average Bonchev–Trinajstić information content (AvgIpc) is 3.70. The van der Waals surface area contributed by atoms with Gasteiger partial charge in [-0.15, -0.1) is 0 Å². The number of amides is 3. The molecule has 1 saturated heterocycles. The van der Waals surface area contributed by atoms with Crippen molar-refractivity contribution in [1.82, 2.24) is 15.1 Å². The van der Waals surface area contributed by atoms with Gasteiger partial charge in [0.25, 0.3) is 5.92 Å². The van der Waals surface area contributed by atoms with E-state index in [9.17, 15) is 23.2 Å². The van der Waals surface area contributed by atoms with Gasteiger partial charge in [-0.05, 0) is 55.9 Å². The van der Waals surface area contributed by atoms with E-state index in [1.54, 1.807) is 17.0 Å². The molecular weight excluding hydrogens is 634 g/mol. The topological polar surface area (TPSA) is 121 Å². The number of carbonyl (C=O) groups excluding carboxylic acids is 3. The number of allylic oxidation sites excluding steroid dienone is 2. The number of oxime groups is 1. The second-order valence-electron chi connectivity index (χ2n) is 13.0. The van der Waals surface area contributed by atoms with Crippen LogP contribution in [0.3, 0.4) is 0 Å². The monoisotopic (exact) mass is 674 g/mol. The number of rotatable bonds is 11. The van der Waals surface area contributed by atoms with Crippen LogP contribution in [-0.4, -0.2) is 89.8 Å². The number of alkyl halides is 2. The first kappa shape index (κ1) is 33.4. The highest BCUT2D eigenvalue weighted by molar-refractivity contribution is 6.31. The van der Waals surface area contributed by atoms with Crippen molar-refractivity contribution in [2.45, 2.75) is 69.4 Å². The maximum absolute atomic E-state index is 14.5. The Labute approximate surface area is 277 Å². The normalized spacial score (nSPS) is 26.9. The molecule has 1 aromatic rings. The molecule has 5 atom stereocenters. The number of aliphatic hydroxyl groups excluding tert-OH is 1. The van der Waals surface area contributed by atoms with Crippen molar-refractivity contribution in [3.05, 3.63) is 52.6 Å². The Morgan fingerprint density at radius 2 is 1.89 bits per heavy atom. The summed E-state index contributed by atoms with van der Waals surface area (Å²) in [5.74, 6) is -5.14. The van der Waals surface area contributed by atoms with Gasteiger partial charge in [-0.25, -0.2) is 8.78 Å². The van der Waals surface area contributed by atoms with E-state index in [2.05, 4.69) is 10.5 Å². The van der Waals surface area contributed by atoms with E-state index in [4.69, 9.17) is 26.3 Å². The lowest BCUT2D eigenvalue weighted by atomic mass is 9.77. The summed E-state index contributed by atoms with van der Waals surface area (Å²) in [6.07, 6.45) is 12.1. The Balaban J connectivity index is 1.27. The van der Waals surface area contributed by atoms with Crippen LogP contribution in [0.5, 0.6) is 5.75 Å². The fourth-order valence-electron chi connectivity index (χ4n) is 7.50. The van der Waals surface area contributed by atoms with Crippen LogP contribution in [0.4, 0.5) is 8.78 Å². The summed E-state index contributed by atoms with van der Waals surface area (Å²) < 4.78 is 33.9. The van der Waals surface area contributed by atoms with Crippen LogP contribution in [0.2, 0.25) is 5.02 Å². The fourth-order valence-corrected chi connectivity index (χ4v) is 7.76. The summed E-state index contributed by atoms with van der Waals surface area (Å²) in [7, 11) is 0. The van der Waals surface area contributed by atoms with Crippen LogP contribution < -0.4 is 10.1 Å². The van der Waals surface area contributed by atoms with Crippen molar-refractivity contribution in [1.29, 1.82) is 0 Å². The third-order valence-corrected chi connectivity index (χ3v) is 10.4. The minimum atomic E-state index is -3.45. The summed E-state index contributed by atoms with van der Waals surface area (Å²) in [4.78, 5) is 49.4. The second-order valence-corrected chi connectivity index (χ2v) is 13.4. The molecule has 5 aliphatic rings. The summed E-state index contributed by atoms with van der Waals surface area (Å²) in [6, 6.07) is 3.09. The zero-order chi connectivity index (χ0) is 33.1. The summed E-state index contributed by atoms with van der Waals surface area (Å²) in [5, 5.41) is 16.0. The molecule has 10 nitrogen and oxygen atoms in total. The van der Waals surface area contributed by atoms with Crippen molar-refractivity contribution in [3.63, 3.8) is 0 Å². The predicted molar refractivity (Wildman–Crippen MR) is 170 cm³/mol. The Bertz CT molecular complexity index is 1470. The first-order valence-corrected chi connectivity index (χ1v) is 16.9. The molecule has 0 bridgehead atoms. The fraction of sp³-hybridized carbons (Fsp3) is 0.588. The van der Waals surface area contributed by atoms with Crippen LogP contribution in [0.15, 0.2) is 41.6 Å². The Morgan fingerprint density at radius 1 is 1.11 bits per heavy atom. The van der Waals surface area contributed by atoms with Gasteiger partial charge in [0, 0.05) is 48.5 Å². The summed E-state index contributed by atoms with van der Waals surface area (Å²) in [5.41, 5.74) is 2.39. The Kier molecular flexibility index (Phi) is 10.2. The zero-order valence-corrected chi connectivity index (χ0v) is 27.0. The van der Waals surface area contributed by atoms with Crippen LogP contribution in [-0.2, 0) is 25.6 Å². The van der Waals surface area contributed by atoms with Crippen LogP contribution in [0.25, 0.3) is 0 Å². The first-order valence-electron chi connectivity index (χ1n) is 16.5. The number of fused-ring (bicyclic) bond motifs is 2. The lowest BCUT2D eigenvalue weighted by Crippen LogP contribution is -2.50. The quantitative estimate of drug-likeness (QED) is 0.363. The molecule has 0 aromatic heterocycles. The van der Waals surface area contributed by atoms with Crippen molar-refractivity contribution < 1.29 is 37.8 Å². The molecule has 1 aromatic carbocycles. The highest BCUT2D eigenvalue weighted by Crippen LogP contribution is 2.44. The van der Waals surface area contributed by atoms with Gasteiger partial charge in [-0.2, -0.15) is 0 Å². The van der Waals surface area contributed by atoms with E-state index >= 15 is 0 Å². The summed E-state index contributed by atoms with van der Waals surface area (Å²) in [6.45, 7) is -0.766. The standard InChI is InChI=1S/C34H41ClF2N4O6/c35-25-11-12-29(46-18-26-24-8-3-4-9-28(24)47-39-26)31-23(25)13-17-41(27(31)14-16-40-15-5-10-30(40)43)33(45)22-7-2-1-6-21(22)32(44)38-19-34(36,37)20-42/h3-4,8-9,11-12,21-22,24,27-28,42H,1-2,5-7,10,13-20H2,(H,38,44)/t21-,22+,24?,27+,28?/m0/s1. The van der Waals surface area contributed by atoms with Gasteiger partial charge in [0.15, 0.2) is 6.10 Å². The second kappa shape index (κ2) is 14.3. The number of hydrogen-bond acceptors (Lipinski definition) is 7. The van der Waals surface area contributed by atoms with Gasteiger partial charge in [0.1, 0.15) is 24.7 Å². The number of likely N-dealkylation sites (tertiary alicyclic amines) is 1. The van der Waals surface area contributed by atoms with Crippen LogP contribution in [0.1, 0.15) is 62.1 Å². The van der Waals surface area contributed by atoms with E-state index in [0.717, 1.165) is 29.7 Å². The van der Waals surface area contributed by atoms with E-state index in [-0.39, 0.29) is 30.4 Å². The van der Waals surface area contributed by atoms with Crippen LogP contribution >= 0.6 is 11.6 Å². The molecule has 2 fully saturated rings. The highest BCUT2D eigenvalue weighted by atomic mass is 35.5. The minimum absolute atomic E-state index is 0.0371. The molecule has 2 aliphatic carbocycles. The molecule has 254 valence electrons. The number of benzene rings is 1. The number of carbonyl (C=O) groups is 3. The predicted octanol–water partition coefficient (Wildman–Crippen LogP) is 4.20. The van der Waals surface area contributed by atoms with E-state index in [1.807, 2.05) is 29.2 Å². The largest absolute Gasteiger partial charge is 0.487 e. The van der Waals surface area contributed by atoms with Gasteiger partial charge in [0.05, 0.1) is 18.5 Å². The van der Waals surface area contributed by atoms with Gasteiger partial charge >= 0.3 is 0 Å². The smallest absolute Gasteiger partial charge is 0.287 e. The molecule has 47 heavy (non-hydrogen) atoms. The van der Waals surface area contributed by atoms with Crippen molar-refractivity contribution in [2.75, 3.05) is 39.4 Å². The molecule has 1 saturated carbocycles. The Hall–Kier alpha value is -3.51. The van der Waals surface area contributed by atoms with Crippen molar-refractivity contribution >= 4 is 35.0 Å². The van der Waals surface area contributed by atoms with E-state index in [1.165, 1.54) is 0 Å². The highest BCUT2D eigenvalue weighted by Gasteiger charge is 2.43. The molecule has 3 aliphatic heterocycles. The van der Waals surface area contributed by atoms with Gasteiger partial charge in [-0.3, -0.25) is 14.4 Å². The van der Waals surface area contributed by atoms with E-state index < -0.39 is 42.9 Å². The lowest BCUT2D eigenvalue weighted by molar-refractivity contribution is -0.147. The molecule has 2 unspecified atom stereocenters. The number of aliphatic hydroxyl groups is 1. The third kappa shape index (κ3) is 7.18. The lowest BCUT2D eigenvalue weighted by Gasteiger charge is -2.42. The van der Waals surface area contributed by atoms with Crippen molar-refractivity contribution in [2.24, 2.45) is 22.9 Å². The maximum Gasteiger partial charge on any atom is 0.287 e. The van der Waals surface area contributed by atoms with Gasteiger partial charge in [-0.1, -0.05) is 47.8 Å². The molecule has 3 amide bonds. The molecular formula is C34H41ClF2N4O6. The maximum atomic E-state index is 14.5. The molecule has 6 rings (SSSR count).